The van der Waals surface area contributed by atoms with Crippen LogP contribution in [0.5, 0.6) is 0 Å². The first-order valence-corrected chi connectivity index (χ1v) is 9.28. The standard InChI is InChI=1S/C19H24ClN5O/c1-14(2)12-19(26)21-17-6-7-18(23-22-17)25-10-8-24(9-11-25)16-5-3-4-15(20)13-16/h3-7,13-14H,8-12H2,1-2H3,(H,21,22,26). The highest BCUT2D eigenvalue weighted by Crippen LogP contribution is 2.22. The molecule has 0 saturated carbocycles. The van der Waals surface area contributed by atoms with Gasteiger partial charge in [-0.2, -0.15) is 0 Å². The number of carbonyl (C=O) groups excluding carboxylic acids is 1. The average Bonchev–Trinajstić information content (AvgIpc) is 2.62. The molecule has 0 spiro atoms. The third kappa shape index (κ3) is 4.85. The van der Waals surface area contributed by atoms with E-state index in [1.807, 2.05) is 44.2 Å². The van der Waals surface area contributed by atoms with Crippen LogP contribution in [0.15, 0.2) is 36.4 Å². The molecule has 0 bridgehead atoms. The number of nitrogens with zero attached hydrogens (tertiary/aromatic N) is 4. The van der Waals surface area contributed by atoms with Crippen molar-refractivity contribution in [2.45, 2.75) is 20.3 Å². The van der Waals surface area contributed by atoms with Crippen molar-refractivity contribution in [1.82, 2.24) is 10.2 Å². The molecule has 1 fully saturated rings. The molecule has 1 N–H and O–H groups in total. The van der Waals surface area contributed by atoms with E-state index in [0.29, 0.717) is 18.2 Å². The van der Waals surface area contributed by atoms with Crippen LogP contribution in [0.1, 0.15) is 20.3 Å². The zero-order valence-corrected chi connectivity index (χ0v) is 15.9. The van der Waals surface area contributed by atoms with Crippen molar-refractivity contribution in [3.8, 4) is 0 Å². The molecule has 0 unspecified atom stereocenters. The van der Waals surface area contributed by atoms with Crippen LogP contribution in [-0.4, -0.2) is 42.3 Å². The van der Waals surface area contributed by atoms with Gasteiger partial charge in [-0.05, 0) is 36.2 Å². The fraction of sp³-hybridized carbons (Fsp3) is 0.421. The van der Waals surface area contributed by atoms with Gasteiger partial charge in [-0.25, -0.2) is 0 Å². The molecule has 2 heterocycles. The first kappa shape index (κ1) is 18.5. The summed E-state index contributed by atoms with van der Waals surface area (Å²) in [7, 11) is 0. The maximum atomic E-state index is 11.8. The maximum Gasteiger partial charge on any atom is 0.225 e. The summed E-state index contributed by atoms with van der Waals surface area (Å²) in [6.45, 7) is 7.54. The third-order valence-corrected chi connectivity index (χ3v) is 4.52. The van der Waals surface area contributed by atoms with Crippen LogP contribution >= 0.6 is 11.6 Å². The molecule has 1 aromatic heterocycles. The van der Waals surface area contributed by atoms with Gasteiger partial charge in [0.25, 0.3) is 0 Å². The molecule has 138 valence electrons. The lowest BCUT2D eigenvalue weighted by Crippen LogP contribution is -2.46. The SMILES string of the molecule is CC(C)CC(=O)Nc1ccc(N2CCN(c3cccc(Cl)c3)CC2)nn1. The molecule has 3 rings (SSSR count). The molecule has 2 aromatic rings. The number of aromatic nitrogens is 2. The molecule has 1 aliphatic heterocycles. The molecule has 6 nitrogen and oxygen atoms in total. The Morgan fingerprint density at radius 1 is 1.12 bits per heavy atom. The minimum Gasteiger partial charge on any atom is -0.368 e. The molecule has 0 aliphatic carbocycles. The van der Waals surface area contributed by atoms with Gasteiger partial charge >= 0.3 is 0 Å². The summed E-state index contributed by atoms with van der Waals surface area (Å²) in [6, 6.07) is 11.7. The Morgan fingerprint density at radius 3 is 2.46 bits per heavy atom. The van der Waals surface area contributed by atoms with Gasteiger partial charge in [0, 0.05) is 43.3 Å². The second-order valence-corrected chi connectivity index (χ2v) is 7.31. The lowest BCUT2D eigenvalue weighted by atomic mass is 10.1. The van der Waals surface area contributed by atoms with E-state index < -0.39 is 0 Å². The van der Waals surface area contributed by atoms with Crippen LogP contribution < -0.4 is 15.1 Å². The van der Waals surface area contributed by atoms with E-state index in [1.54, 1.807) is 0 Å². The van der Waals surface area contributed by atoms with Gasteiger partial charge in [-0.3, -0.25) is 4.79 Å². The minimum atomic E-state index is -0.0304. The van der Waals surface area contributed by atoms with E-state index in [0.717, 1.165) is 42.7 Å². The fourth-order valence-electron chi connectivity index (χ4n) is 2.99. The summed E-state index contributed by atoms with van der Waals surface area (Å²) in [5, 5.41) is 11.9. The second kappa shape index (κ2) is 8.36. The number of hydrogen-bond donors (Lipinski definition) is 1. The number of amides is 1. The van der Waals surface area contributed by atoms with E-state index in [9.17, 15) is 4.79 Å². The molecule has 1 aliphatic rings. The summed E-state index contributed by atoms with van der Waals surface area (Å²) in [6.07, 6.45) is 0.481. The van der Waals surface area contributed by atoms with E-state index in [4.69, 9.17) is 11.6 Å². The zero-order valence-electron chi connectivity index (χ0n) is 15.2. The molecule has 1 amide bonds. The first-order chi connectivity index (χ1) is 12.5. The largest absolute Gasteiger partial charge is 0.368 e. The normalized spacial score (nSPS) is 14.6. The Labute approximate surface area is 159 Å². The van der Waals surface area contributed by atoms with Gasteiger partial charge in [0.05, 0.1) is 0 Å². The monoisotopic (exact) mass is 373 g/mol. The van der Waals surface area contributed by atoms with E-state index >= 15 is 0 Å². The molecule has 1 saturated heterocycles. The van der Waals surface area contributed by atoms with Crippen LogP contribution in [0, 0.1) is 5.92 Å². The van der Waals surface area contributed by atoms with Crippen molar-refractivity contribution < 1.29 is 4.79 Å². The lowest BCUT2D eigenvalue weighted by molar-refractivity contribution is -0.116. The third-order valence-electron chi connectivity index (χ3n) is 4.29. The number of carbonyl (C=O) groups is 1. The lowest BCUT2D eigenvalue weighted by Gasteiger charge is -2.36. The number of rotatable bonds is 5. The summed E-state index contributed by atoms with van der Waals surface area (Å²) in [5.41, 5.74) is 1.14. The van der Waals surface area contributed by atoms with Crippen molar-refractivity contribution >= 4 is 34.8 Å². The Bertz CT molecular complexity index is 742. The highest BCUT2D eigenvalue weighted by atomic mass is 35.5. The number of benzene rings is 1. The minimum absolute atomic E-state index is 0.0304. The quantitative estimate of drug-likeness (QED) is 0.869. The summed E-state index contributed by atoms with van der Waals surface area (Å²) in [5.74, 6) is 1.62. The molecule has 0 atom stereocenters. The van der Waals surface area contributed by atoms with Crippen molar-refractivity contribution in [2.75, 3.05) is 41.3 Å². The smallest absolute Gasteiger partial charge is 0.225 e. The molecule has 26 heavy (non-hydrogen) atoms. The van der Waals surface area contributed by atoms with Crippen LogP contribution in [0.3, 0.4) is 0 Å². The van der Waals surface area contributed by atoms with Crippen molar-refractivity contribution in [1.29, 1.82) is 0 Å². The molecule has 1 aromatic carbocycles. The van der Waals surface area contributed by atoms with Gasteiger partial charge in [-0.1, -0.05) is 31.5 Å². The van der Waals surface area contributed by atoms with Crippen LogP contribution in [-0.2, 0) is 4.79 Å². The van der Waals surface area contributed by atoms with E-state index in [2.05, 4.69) is 31.4 Å². The topological polar surface area (TPSA) is 61.4 Å². The van der Waals surface area contributed by atoms with Crippen molar-refractivity contribution in [2.24, 2.45) is 5.92 Å². The average molecular weight is 374 g/mol. The van der Waals surface area contributed by atoms with E-state index in [1.165, 1.54) is 0 Å². The van der Waals surface area contributed by atoms with Crippen molar-refractivity contribution in [3.63, 3.8) is 0 Å². The number of piperazine rings is 1. The number of halogens is 1. The summed E-state index contributed by atoms with van der Waals surface area (Å²) >= 11 is 6.08. The number of hydrogen-bond acceptors (Lipinski definition) is 5. The van der Waals surface area contributed by atoms with Crippen molar-refractivity contribution in [3.05, 3.63) is 41.4 Å². The Hall–Kier alpha value is -2.34. The Morgan fingerprint density at radius 2 is 1.85 bits per heavy atom. The van der Waals surface area contributed by atoms with E-state index in [-0.39, 0.29) is 5.91 Å². The second-order valence-electron chi connectivity index (χ2n) is 6.88. The first-order valence-electron chi connectivity index (χ1n) is 8.90. The van der Waals surface area contributed by atoms with Crippen LogP contribution in [0.2, 0.25) is 5.02 Å². The summed E-state index contributed by atoms with van der Waals surface area (Å²) in [4.78, 5) is 16.3. The van der Waals surface area contributed by atoms with Crippen LogP contribution in [0.4, 0.5) is 17.3 Å². The van der Waals surface area contributed by atoms with Gasteiger partial charge in [0.2, 0.25) is 5.91 Å². The highest BCUT2D eigenvalue weighted by molar-refractivity contribution is 6.30. The summed E-state index contributed by atoms with van der Waals surface area (Å²) < 4.78 is 0. The van der Waals surface area contributed by atoms with Gasteiger partial charge < -0.3 is 15.1 Å². The number of nitrogens with one attached hydrogen (secondary N) is 1. The molecular weight excluding hydrogens is 350 g/mol. The predicted octanol–water partition coefficient (Wildman–Crippen LogP) is 3.44. The van der Waals surface area contributed by atoms with Gasteiger partial charge in [-0.15, -0.1) is 10.2 Å². The zero-order chi connectivity index (χ0) is 18.5. The Kier molecular flexibility index (Phi) is 5.93. The molecule has 0 radical (unpaired) electrons. The molecule has 7 heteroatoms. The van der Waals surface area contributed by atoms with Gasteiger partial charge in [0.1, 0.15) is 0 Å². The fourth-order valence-corrected chi connectivity index (χ4v) is 3.18. The molecular formula is C19H24ClN5O. The number of anilines is 3. The predicted molar refractivity (Wildman–Crippen MR) is 106 cm³/mol. The maximum absolute atomic E-state index is 11.8. The van der Waals surface area contributed by atoms with Gasteiger partial charge in [0.15, 0.2) is 11.6 Å². The Balaban J connectivity index is 1.55. The highest BCUT2D eigenvalue weighted by Gasteiger charge is 2.19. The van der Waals surface area contributed by atoms with Crippen LogP contribution in [0.25, 0.3) is 0 Å².